The van der Waals surface area contributed by atoms with E-state index in [1.807, 2.05) is 11.3 Å². The van der Waals surface area contributed by atoms with Crippen LogP contribution in [-0.2, 0) is 5.41 Å². The Morgan fingerprint density at radius 1 is 1.26 bits per heavy atom. The lowest BCUT2D eigenvalue weighted by Crippen LogP contribution is -2.27. The highest BCUT2D eigenvalue weighted by atomic mass is 32.1. The van der Waals surface area contributed by atoms with Crippen molar-refractivity contribution in [3.05, 3.63) is 21.9 Å². The van der Waals surface area contributed by atoms with Gasteiger partial charge in [0.1, 0.15) is 0 Å². The van der Waals surface area contributed by atoms with Crippen LogP contribution in [0.5, 0.6) is 0 Å². The molecule has 19 heavy (non-hydrogen) atoms. The lowest BCUT2D eigenvalue weighted by molar-refractivity contribution is 0.373. The Balaban J connectivity index is 2.14. The van der Waals surface area contributed by atoms with Crippen LogP contribution in [0.3, 0.4) is 0 Å². The summed E-state index contributed by atoms with van der Waals surface area (Å²) in [4.78, 5) is 3.08. The molecule has 0 aromatic carbocycles. The highest BCUT2D eigenvalue weighted by molar-refractivity contribution is 7.12. The zero-order valence-corrected chi connectivity index (χ0v) is 13.8. The predicted octanol–water partition coefficient (Wildman–Crippen LogP) is 5.28. The van der Waals surface area contributed by atoms with Gasteiger partial charge in [-0.1, -0.05) is 40.5 Å². The minimum Gasteiger partial charge on any atom is -0.309 e. The van der Waals surface area contributed by atoms with Crippen LogP contribution in [0.25, 0.3) is 0 Å². The number of hydrogen-bond acceptors (Lipinski definition) is 2. The van der Waals surface area contributed by atoms with Crippen molar-refractivity contribution in [2.24, 2.45) is 5.92 Å². The molecule has 2 rings (SSSR count). The molecule has 1 fully saturated rings. The van der Waals surface area contributed by atoms with Crippen LogP contribution in [0, 0.1) is 5.92 Å². The van der Waals surface area contributed by atoms with Crippen molar-refractivity contribution >= 4 is 11.3 Å². The van der Waals surface area contributed by atoms with Gasteiger partial charge in [0.15, 0.2) is 0 Å². The fraction of sp³-hybridized carbons (Fsp3) is 0.765. The minimum absolute atomic E-state index is 0.286. The van der Waals surface area contributed by atoms with E-state index in [0.29, 0.717) is 6.04 Å². The summed E-state index contributed by atoms with van der Waals surface area (Å²) in [5, 5.41) is 3.80. The van der Waals surface area contributed by atoms with Crippen LogP contribution in [0.4, 0.5) is 0 Å². The highest BCUT2D eigenvalue weighted by Gasteiger charge is 2.28. The molecule has 1 aliphatic carbocycles. The molecule has 1 atom stereocenters. The quantitative estimate of drug-likeness (QED) is 0.773. The summed E-state index contributed by atoms with van der Waals surface area (Å²) in [6, 6.07) is 5.32. The third-order valence-electron chi connectivity index (χ3n) is 4.16. The summed E-state index contributed by atoms with van der Waals surface area (Å²) >= 11 is 2.02. The molecule has 0 bridgehead atoms. The molecule has 2 heteroatoms. The summed E-state index contributed by atoms with van der Waals surface area (Å²) in [7, 11) is 0. The maximum atomic E-state index is 3.80. The zero-order chi connectivity index (χ0) is 13.9. The monoisotopic (exact) mass is 279 g/mol. The van der Waals surface area contributed by atoms with Gasteiger partial charge in [-0.15, -0.1) is 11.3 Å². The van der Waals surface area contributed by atoms with Crippen molar-refractivity contribution in [1.82, 2.24) is 5.32 Å². The molecular weight excluding hydrogens is 250 g/mol. The Morgan fingerprint density at radius 3 is 2.47 bits per heavy atom. The van der Waals surface area contributed by atoms with Crippen molar-refractivity contribution in [1.29, 1.82) is 0 Å². The van der Waals surface area contributed by atoms with Crippen LogP contribution in [0.1, 0.15) is 75.6 Å². The molecule has 0 radical (unpaired) electrons. The van der Waals surface area contributed by atoms with Crippen LogP contribution in [0.2, 0.25) is 0 Å². The van der Waals surface area contributed by atoms with Crippen LogP contribution in [0.15, 0.2) is 12.1 Å². The van der Waals surface area contributed by atoms with Gasteiger partial charge in [0.25, 0.3) is 0 Å². The SMILES string of the molecule is CCCNC(c1ccc(C(C)(C)C)s1)C1CCCC1. The Hall–Kier alpha value is -0.340. The molecule has 0 amide bonds. The van der Waals surface area contributed by atoms with Crippen LogP contribution < -0.4 is 5.32 Å². The van der Waals surface area contributed by atoms with Gasteiger partial charge in [-0.3, -0.25) is 0 Å². The molecule has 1 saturated carbocycles. The second kappa shape index (κ2) is 6.41. The standard InChI is InChI=1S/C17H29NS/c1-5-12-18-16(13-8-6-7-9-13)14-10-11-15(19-14)17(2,3)4/h10-11,13,16,18H,5-9,12H2,1-4H3. The Kier molecular flexibility index (Phi) is 5.08. The Labute approximate surface area is 122 Å². The van der Waals surface area contributed by atoms with Crippen LogP contribution >= 0.6 is 11.3 Å². The van der Waals surface area contributed by atoms with Crippen LogP contribution in [-0.4, -0.2) is 6.54 Å². The third-order valence-corrected chi connectivity index (χ3v) is 5.75. The van der Waals surface area contributed by atoms with Gasteiger partial charge in [0.2, 0.25) is 0 Å². The maximum Gasteiger partial charge on any atom is 0.0443 e. The Bertz CT molecular complexity index is 382. The first-order valence-corrected chi connectivity index (χ1v) is 8.67. The van der Waals surface area contributed by atoms with E-state index in [-0.39, 0.29) is 5.41 Å². The van der Waals surface area contributed by atoms with Crippen molar-refractivity contribution in [3.8, 4) is 0 Å². The van der Waals surface area contributed by atoms with Gasteiger partial charge < -0.3 is 5.32 Å². The number of nitrogens with one attached hydrogen (secondary N) is 1. The van der Waals surface area contributed by atoms with E-state index in [1.165, 1.54) is 37.0 Å². The molecule has 0 spiro atoms. The molecule has 1 heterocycles. The van der Waals surface area contributed by atoms with Crippen molar-refractivity contribution in [3.63, 3.8) is 0 Å². The molecule has 1 N–H and O–H groups in total. The zero-order valence-electron chi connectivity index (χ0n) is 13.0. The molecule has 108 valence electrons. The van der Waals surface area contributed by atoms with E-state index in [9.17, 15) is 0 Å². The maximum absolute atomic E-state index is 3.80. The number of rotatable bonds is 5. The fourth-order valence-corrected chi connectivity index (χ4v) is 4.25. The number of thiophene rings is 1. The predicted molar refractivity (Wildman–Crippen MR) is 86.0 cm³/mol. The van der Waals surface area contributed by atoms with E-state index < -0.39 is 0 Å². The van der Waals surface area contributed by atoms with Gasteiger partial charge in [-0.05, 0) is 49.3 Å². The molecule has 1 aromatic rings. The van der Waals surface area contributed by atoms with Crippen molar-refractivity contribution < 1.29 is 0 Å². The van der Waals surface area contributed by atoms with E-state index in [2.05, 4.69) is 45.1 Å². The normalized spacial score (nSPS) is 18.9. The first-order valence-electron chi connectivity index (χ1n) is 7.86. The lowest BCUT2D eigenvalue weighted by atomic mass is 9.94. The van der Waals surface area contributed by atoms with Gasteiger partial charge in [-0.2, -0.15) is 0 Å². The molecule has 1 aromatic heterocycles. The molecule has 1 unspecified atom stereocenters. The first-order chi connectivity index (χ1) is 9.02. The summed E-state index contributed by atoms with van der Waals surface area (Å²) in [5.74, 6) is 0.859. The second-order valence-electron chi connectivity index (χ2n) is 6.93. The van der Waals surface area contributed by atoms with E-state index in [1.54, 1.807) is 4.88 Å². The van der Waals surface area contributed by atoms with E-state index >= 15 is 0 Å². The topological polar surface area (TPSA) is 12.0 Å². The van der Waals surface area contributed by atoms with E-state index in [0.717, 1.165) is 12.5 Å². The molecule has 1 nitrogen and oxygen atoms in total. The average molecular weight is 279 g/mol. The summed E-state index contributed by atoms with van der Waals surface area (Å²) in [6.45, 7) is 10.3. The summed E-state index contributed by atoms with van der Waals surface area (Å²) in [5.41, 5.74) is 0.286. The summed E-state index contributed by atoms with van der Waals surface area (Å²) in [6.07, 6.45) is 6.88. The molecular formula is C17H29NS. The third kappa shape index (κ3) is 3.82. The lowest BCUT2D eigenvalue weighted by Gasteiger charge is -2.24. The van der Waals surface area contributed by atoms with Crippen molar-refractivity contribution in [2.45, 2.75) is 71.3 Å². The second-order valence-corrected chi connectivity index (χ2v) is 8.04. The number of hydrogen-bond donors (Lipinski definition) is 1. The highest BCUT2D eigenvalue weighted by Crippen LogP contribution is 2.40. The molecule has 0 aliphatic heterocycles. The van der Waals surface area contributed by atoms with Gasteiger partial charge in [0.05, 0.1) is 0 Å². The fourth-order valence-electron chi connectivity index (χ4n) is 3.01. The first kappa shape index (κ1) is 15.1. The molecule has 1 aliphatic rings. The van der Waals surface area contributed by atoms with Crippen molar-refractivity contribution in [2.75, 3.05) is 6.54 Å². The van der Waals surface area contributed by atoms with Gasteiger partial charge >= 0.3 is 0 Å². The van der Waals surface area contributed by atoms with E-state index in [4.69, 9.17) is 0 Å². The average Bonchev–Trinajstić information content (AvgIpc) is 2.99. The Morgan fingerprint density at radius 2 is 1.95 bits per heavy atom. The smallest absolute Gasteiger partial charge is 0.0443 e. The van der Waals surface area contributed by atoms with Gasteiger partial charge in [-0.25, -0.2) is 0 Å². The summed E-state index contributed by atoms with van der Waals surface area (Å²) < 4.78 is 0. The van der Waals surface area contributed by atoms with Gasteiger partial charge in [0, 0.05) is 15.8 Å². The largest absolute Gasteiger partial charge is 0.309 e. The molecule has 0 saturated heterocycles. The minimum atomic E-state index is 0.286.